The third-order valence-electron chi connectivity index (χ3n) is 9.89. The summed E-state index contributed by atoms with van der Waals surface area (Å²) in [6.07, 6.45) is 14.0. The van der Waals surface area contributed by atoms with Crippen molar-refractivity contribution in [3.05, 3.63) is 36.7 Å². The van der Waals surface area contributed by atoms with Crippen molar-refractivity contribution in [2.24, 2.45) is 40.2 Å². The Bertz CT molecular complexity index is 933. The Morgan fingerprint density at radius 1 is 1.16 bits per heavy atom. The molecule has 172 valence electrons. The molecule has 2 amide bonds. The van der Waals surface area contributed by atoms with Crippen molar-refractivity contribution in [3.8, 4) is 0 Å². The monoisotopic (exact) mass is 436 g/mol. The topological polar surface area (TPSA) is 88.3 Å². The van der Waals surface area contributed by atoms with Crippen LogP contribution in [0.25, 0.3) is 0 Å². The van der Waals surface area contributed by atoms with E-state index in [1.807, 2.05) is 11.9 Å². The second kappa shape index (κ2) is 7.68. The molecule has 3 fully saturated rings. The number of carbonyl (C=O) groups is 2. The van der Waals surface area contributed by atoms with Crippen LogP contribution in [0.1, 0.15) is 52.4 Å². The molecule has 3 saturated carbocycles. The van der Waals surface area contributed by atoms with Gasteiger partial charge in [-0.1, -0.05) is 19.9 Å². The van der Waals surface area contributed by atoms with Gasteiger partial charge < -0.3 is 16.0 Å². The van der Waals surface area contributed by atoms with Crippen molar-refractivity contribution in [2.45, 2.75) is 64.5 Å². The van der Waals surface area contributed by atoms with Gasteiger partial charge in [-0.05, 0) is 85.8 Å². The van der Waals surface area contributed by atoms with E-state index in [1.165, 1.54) is 6.42 Å². The molecule has 6 nitrogen and oxygen atoms in total. The number of aromatic nitrogens is 1. The van der Waals surface area contributed by atoms with Crippen molar-refractivity contribution in [2.75, 3.05) is 12.4 Å². The van der Waals surface area contributed by atoms with Crippen LogP contribution in [0.3, 0.4) is 0 Å². The van der Waals surface area contributed by atoms with Crippen LogP contribution >= 0.6 is 0 Å². The first-order chi connectivity index (χ1) is 15.3. The number of nitrogens with two attached hydrogens (primary N) is 1. The molecule has 6 heteroatoms. The second-order valence-corrected chi connectivity index (χ2v) is 11.1. The van der Waals surface area contributed by atoms with E-state index in [-0.39, 0.29) is 28.6 Å². The first-order valence-electron chi connectivity index (χ1n) is 12.2. The summed E-state index contributed by atoms with van der Waals surface area (Å²) in [5.41, 5.74) is 7.51. The number of hydrogen-bond donors (Lipinski definition) is 2. The highest BCUT2D eigenvalue weighted by Gasteiger charge is 2.61. The SMILES string of the molecule is CN1C(=O)C=C[C@]2(C)C3CC[C@]4(C)[C@@H](C(N)C(=O)Nc5ccncc5)CC[C@H]4C3CCC12. The lowest BCUT2D eigenvalue weighted by molar-refractivity contribution is -0.139. The zero-order valence-electron chi connectivity index (χ0n) is 19.5. The van der Waals surface area contributed by atoms with E-state index in [2.05, 4.69) is 30.2 Å². The molecule has 0 bridgehead atoms. The summed E-state index contributed by atoms with van der Waals surface area (Å²) in [4.78, 5) is 31.3. The molecule has 2 heterocycles. The molecule has 0 saturated heterocycles. The Balaban J connectivity index is 1.35. The van der Waals surface area contributed by atoms with E-state index >= 15 is 0 Å². The summed E-state index contributed by atoms with van der Waals surface area (Å²) in [7, 11) is 1.97. The molecule has 0 aromatic carbocycles. The van der Waals surface area contributed by atoms with Crippen LogP contribution in [0.2, 0.25) is 0 Å². The second-order valence-electron chi connectivity index (χ2n) is 11.1. The van der Waals surface area contributed by atoms with E-state index in [4.69, 9.17) is 5.73 Å². The number of hydrogen-bond acceptors (Lipinski definition) is 4. The third-order valence-corrected chi connectivity index (χ3v) is 9.89. The number of amides is 2. The molecular weight excluding hydrogens is 400 g/mol. The Morgan fingerprint density at radius 2 is 1.91 bits per heavy atom. The molecule has 32 heavy (non-hydrogen) atoms. The fraction of sp³-hybridized carbons (Fsp3) is 0.654. The van der Waals surface area contributed by atoms with Crippen molar-refractivity contribution < 1.29 is 9.59 Å². The van der Waals surface area contributed by atoms with Gasteiger partial charge in [0, 0.05) is 36.6 Å². The standard InChI is InChI=1S/C26H36N4O2/c1-25-12-8-19-17(4-7-21-26(19,2)13-9-22(31)30(21)3)18(25)5-6-20(25)23(27)24(32)29-16-10-14-28-15-11-16/h9-11,13-15,17-21,23H,4-8,12,27H2,1-3H3,(H,28,29,32)/t17?,18-,19?,20+,21?,23?,25-,26+/m0/s1. The predicted molar refractivity (Wildman–Crippen MR) is 124 cm³/mol. The molecule has 4 unspecified atom stereocenters. The van der Waals surface area contributed by atoms with Gasteiger partial charge in [-0.2, -0.15) is 0 Å². The van der Waals surface area contributed by atoms with Crippen LogP contribution in [-0.4, -0.2) is 40.8 Å². The first kappa shape index (κ1) is 21.6. The van der Waals surface area contributed by atoms with Gasteiger partial charge in [0.15, 0.2) is 0 Å². The van der Waals surface area contributed by atoms with Crippen molar-refractivity contribution in [1.82, 2.24) is 9.88 Å². The molecule has 1 aliphatic heterocycles. The summed E-state index contributed by atoms with van der Waals surface area (Å²) in [5.74, 6) is 2.08. The van der Waals surface area contributed by atoms with E-state index in [0.717, 1.165) is 37.8 Å². The maximum absolute atomic E-state index is 13.0. The zero-order chi connectivity index (χ0) is 22.7. The summed E-state index contributed by atoms with van der Waals surface area (Å²) >= 11 is 0. The van der Waals surface area contributed by atoms with Gasteiger partial charge in [0.1, 0.15) is 0 Å². The van der Waals surface area contributed by atoms with Crippen LogP contribution in [0, 0.1) is 34.5 Å². The van der Waals surface area contributed by atoms with Crippen LogP contribution in [0.5, 0.6) is 0 Å². The van der Waals surface area contributed by atoms with Gasteiger partial charge in [-0.15, -0.1) is 0 Å². The Hall–Kier alpha value is -2.21. The number of nitrogens with zero attached hydrogens (tertiary/aromatic N) is 2. The van der Waals surface area contributed by atoms with Crippen LogP contribution in [-0.2, 0) is 9.59 Å². The highest BCUT2D eigenvalue weighted by atomic mass is 16.2. The zero-order valence-corrected chi connectivity index (χ0v) is 19.5. The molecule has 5 rings (SSSR count). The van der Waals surface area contributed by atoms with Crippen molar-refractivity contribution in [3.63, 3.8) is 0 Å². The van der Waals surface area contributed by atoms with Gasteiger partial charge >= 0.3 is 0 Å². The Morgan fingerprint density at radius 3 is 2.66 bits per heavy atom. The lowest BCUT2D eigenvalue weighted by atomic mass is 9.47. The predicted octanol–water partition coefficient (Wildman–Crippen LogP) is 3.60. The highest BCUT2D eigenvalue weighted by molar-refractivity contribution is 5.95. The minimum absolute atomic E-state index is 0.0474. The fourth-order valence-corrected chi connectivity index (χ4v) is 8.21. The van der Waals surface area contributed by atoms with Crippen molar-refractivity contribution >= 4 is 17.5 Å². The van der Waals surface area contributed by atoms with E-state index in [0.29, 0.717) is 23.8 Å². The smallest absolute Gasteiger partial charge is 0.246 e. The quantitative estimate of drug-likeness (QED) is 0.758. The summed E-state index contributed by atoms with van der Waals surface area (Å²) in [6, 6.07) is 3.40. The molecular formula is C26H36N4O2. The normalized spacial score (nSPS) is 41.4. The van der Waals surface area contributed by atoms with Gasteiger partial charge in [-0.3, -0.25) is 14.6 Å². The molecule has 1 aromatic rings. The maximum atomic E-state index is 13.0. The van der Waals surface area contributed by atoms with Crippen LogP contribution < -0.4 is 11.1 Å². The lowest BCUT2D eigenvalue weighted by Gasteiger charge is -2.60. The Labute approximate surface area is 191 Å². The average molecular weight is 437 g/mol. The minimum Gasteiger partial charge on any atom is -0.338 e. The van der Waals surface area contributed by atoms with Gasteiger partial charge in [0.05, 0.1) is 6.04 Å². The number of nitrogens with one attached hydrogen (secondary N) is 1. The van der Waals surface area contributed by atoms with Crippen LogP contribution in [0.4, 0.5) is 5.69 Å². The number of anilines is 1. The summed E-state index contributed by atoms with van der Waals surface area (Å²) in [5, 5.41) is 2.99. The number of rotatable bonds is 3. The molecule has 3 N–H and O–H groups in total. The van der Waals surface area contributed by atoms with Crippen molar-refractivity contribution in [1.29, 1.82) is 0 Å². The van der Waals surface area contributed by atoms with Crippen LogP contribution in [0.15, 0.2) is 36.7 Å². The molecule has 0 radical (unpaired) electrons. The van der Waals surface area contributed by atoms with E-state index in [1.54, 1.807) is 30.6 Å². The number of fused-ring (bicyclic) bond motifs is 5. The van der Waals surface area contributed by atoms with Gasteiger partial charge in [0.2, 0.25) is 11.8 Å². The number of pyridine rings is 1. The number of carbonyl (C=O) groups excluding carboxylic acids is 2. The maximum Gasteiger partial charge on any atom is 0.246 e. The molecule has 8 atom stereocenters. The molecule has 0 spiro atoms. The highest BCUT2D eigenvalue weighted by Crippen LogP contribution is 2.65. The fourth-order valence-electron chi connectivity index (χ4n) is 8.21. The first-order valence-corrected chi connectivity index (χ1v) is 12.2. The summed E-state index contributed by atoms with van der Waals surface area (Å²) < 4.78 is 0. The summed E-state index contributed by atoms with van der Waals surface area (Å²) in [6.45, 7) is 4.77. The van der Waals surface area contributed by atoms with Gasteiger partial charge in [0.25, 0.3) is 0 Å². The third kappa shape index (κ3) is 3.13. The van der Waals surface area contributed by atoms with E-state index < -0.39 is 6.04 Å². The Kier molecular flexibility index (Phi) is 5.19. The van der Waals surface area contributed by atoms with E-state index in [9.17, 15) is 9.59 Å². The molecule has 4 aliphatic rings. The largest absolute Gasteiger partial charge is 0.338 e. The average Bonchev–Trinajstić information content (AvgIpc) is 3.14. The lowest BCUT2D eigenvalue weighted by Crippen LogP contribution is -2.60. The number of likely N-dealkylation sites (N-methyl/N-ethyl adjacent to an activating group) is 1. The van der Waals surface area contributed by atoms with Gasteiger partial charge in [-0.25, -0.2) is 0 Å². The molecule has 1 aromatic heterocycles. The minimum atomic E-state index is -0.500. The molecule has 3 aliphatic carbocycles.